The molecule has 0 spiro atoms. The van der Waals surface area contributed by atoms with Crippen LogP contribution in [0.3, 0.4) is 0 Å². The molecule has 1 aromatic carbocycles. The van der Waals surface area contributed by atoms with Gasteiger partial charge in [0, 0.05) is 11.4 Å². The van der Waals surface area contributed by atoms with Crippen LogP contribution in [0.4, 0.5) is 0 Å². The highest BCUT2D eigenvalue weighted by molar-refractivity contribution is 7.99. The molecule has 7 heteroatoms. The summed E-state index contributed by atoms with van der Waals surface area (Å²) in [7, 11) is -3.39. The minimum absolute atomic E-state index is 0. The standard InChI is InChI=1S/C13H20N2O2S2.ClH/c1-18-12-4-2-3-5-13(12)19(16,17)15-9-7-11-6-8-14-10-11;/h2-5,11,14-15H,6-10H2,1H3;1H. The van der Waals surface area contributed by atoms with Gasteiger partial charge in [0.05, 0.1) is 4.90 Å². The molecule has 1 aromatic rings. The molecule has 1 fully saturated rings. The number of thioether (sulfide) groups is 1. The Morgan fingerprint density at radius 3 is 2.80 bits per heavy atom. The van der Waals surface area contributed by atoms with Gasteiger partial charge in [-0.05, 0) is 50.2 Å². The Hall–Kier alpha value is -0.270. The number of halogens is 1. The Labute approximate surface area is 131 Å². The molecule has 1 aliphatic heterocycles. The molecule has 0 aromatic heterocycles. The number of rotatable bonds is 6. The minimum atomic E-state index is -3.39. The lowest BCUT2D eigenvalue weighted by Crippen LogP contribution is -2.27. The van der Waals surface area contributed by atoms with Gasteiger partial charge in [0.15, 0.2) is 0 Å². The van der Waals surface area contributed by atoms with Crippen molar-refractivity contribution in [2.45, 2.75) is 22.6 Å². The zero-order valence-corrected chi connectivity index (χ0v) is 13.9. The van der Waals surface area contributed by atoms with E-state index in [1.54, 1.807) is 12.1 Å². The van der Waals surface area contributed by atoms with Crippen molar-refractivity contribution in [3.8, 4) is 0 Å². The first-order chi connectivity index (χ1) is 9.13. The molecule has 1 saturated heterocycles. The second-order valence-electron chi connectivity index (χ2n) is 4.70. The second-order valence-corrected chi connectivity index (χ2v) is 7.28. The molecule has 2 rings (SSSR count). The lowest BCUT2D eigenvalue weighted by Gasteiger charge is -2.12. The first kappa shape index (κ1) is 17.8. The average Bonchev–Trinajstić information content (AvgIpc) is 2.91. The van der Waals surface area contributed by atoms with Crippen molar-refractivity contribution in [1.82, 2.24) is 10.0 Å². The van der Waals surface area contributed by atoms with Crippen LogP contribution in [0.5, 0.6) is 0 Å². The lowest BCUT2D eigenvalue weighted by molar-refractivity contribution is 0.519. The number of hydrogen-bond donors (Lipinski definition) is 2. The predicted octanol–water partition coefficient (Wildman–Crippen LogP) is 2.11. The number of hydrogen-bond acceptors (Lipinski definition) is 4. The third-order valence-corrected chi connectivity index (χ3v) is 5.81. The van der Waals surface area contributed by atoms with E-state index in [0.717, 1.165) is 30.8 Å². The van der Waals surface area contributed by atoms with Crippen LogP contribution in [0, 0.1) is 5.92 Å². The summed E-state index contributed by atoms with van der Waals surface area (Å²) in [4.78, 5) is 1.17. The van der Waals surface area contributed by atoms with Crippen LogP contribution in [0.2, 0.25) is 0 Å². The van der Waals surface area contributed by atoms with Crippen molar-refractivity contribution in [1.29, 1.82) is 0 Å². The van der Waals surface area contributed by atoms with Crippen LogP contribution >= 0.6 is 24.2 Å². The third-order valence-electron chi connectivity index (χ3n) is 3.37. The van der Waals surface area contributed by atoms with E-state index in [2.05, 4.69) is 10.0 Å². The topological polar surface area (TPSA) is 58.2 Å². The third kappa shape index (κ3) is 4.63. The van der Waals surface area contributed by atoms with E-state index in [0.29, 0.717) is 17.4 Å². The lowest BCUT2D eigenvalue weighted by atomic mass is 10.1. The average molecular weight is 337 g/mol. The summed E-state index contributed by atoms with van der Waals surface area (Å²) in [5, 5.41) is 3.29. The maximum Gasteiger partial charge on any atom is 0.241 e. The maximum absolute atomic E-state index is 12.2. The summed E-state index contributed by atoms with van der Waals surface area (Å²) >= 11 is 1.45. The van der Waals surface area contributed by atoms with Crippen LogP contribution in [-0.2, 0) is 10.0 Å². The Balaban J connectivity index is 0.00000200. The van der Waals surface area contributed by atoms with Crippen LogP contribution < -0.4 is 10.0 Å². The first-order valence-electron chi connectivity index (χ1n) is 6.47. The molecule has 0 saturated carbocycles. The normalized spacial score (nSPS) is 18.8. The summed E-state index contributed by atoms with van der Waals surface area (Å²) < 4.78 is 27.2. The molecule has 1 unspecified atom stereocenters. The molecular weight excluding hydrogens is 316 g/mol. The van der Waals surface area contributed by atoms with Gasteiger partial charge in [0.1, 0.15) is 0 Å². The van der Waals surface area contributed by atoms with Gasteiger partial charge < -0.3 is 5.32 Å². The van der Waals surface area contributed by atoms with Gasteiger partial charge in [0.2, 0.25) is 10.0 Å². The molecule has 0 radical (unpaired) electrons. The van der Waals surface area contributed by atoms with Crippen LogP contribution in [0.1, 0.15) is 12.8 Å². The second kappa shape index (κ2) is 8.24. The number of nitrogens with one attached hydrogen (secondary N) is 2. The van der Waals surface area contributed by atoms with Gasteiger partial charge >= 0.3 is 0 Å². The van der Waals surface area contributed by atoms with E-state index >= 15 is 0 Å². The molecule has 1 heterocycles. The van der Waals surface area contributed by atoms with E-state index < -0.39 is 10.0 Å². The molecule has 0 amide bonds. The van der Waals surface area contributed by atoms with Gasteiger partial charge in [-0.15, -0.1) is 24.2 Å². The van der Waals surface area contributed by atoms with Crippen LogP contribution in [0.15, 0.2) is 34.1 Å². The summed E-state index contributed by atoms with van der Waals surface area (Å²) in [6, 6.07) is 7.11. The van der Waals surface area contributed by atoms with E-state index in [1.807, 2.05) is 18.4 Å². The Morgan fingerprint density at radius 1 is 1.40 bits per heavy atom. The molecule has 4 nitrogen and oxygen atoms in total. The largest absolute Gasteiger partial charge is 0.316 e. The first-order valence-corrected chi connectivity index (χ1v) is 9.17. The van der Waals surface area contributed by atoms with Gasteiger partial charge in [-0.25, -0.2) is 13.1 Å². The Bertz CT molecular complexity index is 517. The quantitative estimate of drug-likeness (QED) is 0.781. The van der Waals surface area contributed by atoms with Gasteiger partial charge in [-0.1, -0.05) is 12.1 Å². The van der Waals surface area contributed by atoms with Crippen molar-refractivity contribution in [2.24, 2.45) is 5.92 Å². The van der Waals surface area contributed by atoms with E-state index in [-0.39, 0.29) is 12.4 Å². The monoisotopic (exact) mass is 336 g/mol. The zero-order chi connectivity index (χ0) is 13.7. The molecule has 114 valence electrons. The van der Waals surface area contributed by atoms with Crippen molar-refractivity contribution >= 4 is 34.2 Å². The van der Waals surface area contributed by atoms with Crippen LogP contribution in [0.25, 0.3) is 0 Å². The van der Waals surface area contributed by atoms with Crippen LogP contribution in [-0.4, -0.2) is 34.3 Å². The fourth-order valence-corrected chi connectivity index (χ4v) is 4.47. The minimum Gasteiger partial charge on any atom is -0.316 e. The predicted molar refractivity (Wildman–Crippen MR) is 86.3 cm³/mol. The van der Waals surface area contributed by atoms with Gasteiger partial charge in [-0.2, -0.15) is 0 Å². The summed E-state index contributed by atoms with van der Waals surface area (Å²) in [5.74, 6) is 0.596. The molecule has 1 aliphatic rings. The Kier molecular flexibility index (Phi) is 7.33. The van der Waals surface area contributed by atoms with E-state index in [9.17, 15) is 8.42 Å². The van der Waals surface area contributed by atoms with Gasteiger partial charge in [-0.3, -0.25) is 0 Å². The SMILES string of the molecule is CSc1ccccc1S(=O)(=O)NCCC1CCNC1.Cl. The summed E-state index contributed by atoms with van der Waals surface area (Å²) in [5.41, 5.74) is 0. The van der Waals surface area contributed by atoms with E-state index in [1.165, 1.54) is 11.8 Å². The smallest absolute Gasteiger partial charge is 0.241 e. The van der Waals surface area contributed by atoms with Crippen molar-refractivity contribution < 1.29 is 8.42 Å². The molecule has 2 N–H and O–H groups in total. The highest BCUT2D eigenvalue weighted by Crippen LogP contribution is 2.24. The fourth-order valence-electron chi connectivity index (χ4n) is 2.28. The summed E-state index contributed by atoms with van der Waals surface area (Å²) in [6.45, 7) is 2.56. The highest BCUT2D eigenvalue weighted by atomic mass is 35.5. The zero-order valence-electron chi connectivity index (χ0n) is 11.5. The molecule has 0 bridgehead atoms. The maximum atomic E-state index is 12.2. The Morgan fingerprint density at radius 2 is 2.15 bits per heavy atom. The van der Waals surface area contributed by atoms with Crippen molar-refractivity contribution in [3.63, 3.8) is 0 Å². The van der Waals surface area contributed by atoms with Gasteiger partial charge in [0.25, 0.3) is 0 Å². The number of benzene rings is 1. The molecule has 1 atom stereocenters. The molecular formula is C13H21ClN2O2S2. The van der Waals surface area contributed by atoms with Crippen molar-refractivity contribution in [2.75, 3.05) is 25.9 Å². The van der Waals surface area contributed by atoms with E-state index in [4.69, 9.17) is 0 Å². The highest BCUT2D eigenvalue weighted by Gasteiger charge is 2.19. The molecule has 20 heavy (non-hydrogen) atoms. The van der Waals surface area contributed by atoms with Crippen molar-refractivity contribution in [3.05, 3.63) is 24.3 Å². The fraction of sp³-hybridized carbons (Fsp3) is 0.538. The molecule has 0 aliphatic carbocycles. The number of sulfonamides is 1. The summed E-state index contributed by atoms with van der Waals surface area (Å²) in [6.07, 6.45) is 3.93.